The van der Waals surface area contributed by atoms with Crippen LogP contribution >= 0.6 is 0 Å². The van der Waals surface area contributed by atoms with Gasteiger partial charge in [-0.3, -0.25) is 4.79 Å². The third kappa shape index (κ3) is 4.64. The first-order chi connectivity index (χ1) is 11.7. The number of hydrogen-bond donors (Lipinski definition) is 1. The predicted octanol–water partition coefficient (Wildman–Crippen LogP) is 3.62. The number of aromatic carboxylic acids is 1. The second-order valence-electron chi connectivity index (χ2n) is 6.05. The number of alkyl halides is 3. The molecular formula is C17H20F3NO4. The number of amides is 1. The van der Waals surface area contributed by atoms with Gasteiger partial charge in [0.25, 0.3) is 0 Å². The van der Waals surface area contributed by atoms with E-state index in [0.29, 0.717) is 12.8 Å². The maximum atomic E-state index is 13.0. The van der Waals surface area contributed by atoms with Crippen molar-refractivity contribution in [3.05, 3.63) is 29.3 Å². The van der Waals surface area contributed by atoms with Gasteiger partial charge < -0.3 is 14.7 Å². The summed E-state index contributed by atoms with van der Waals surface area (Å²) in [6, 6.07) is 3.43. The van der Waals surface area contributed by atoms with E-state index in [9.17, 15) is 22.8 Å². The molecule has 1 aromatic carbocycles. The van der Waals surface area contributed by atoms with Crippen molar-refractivity contribution in [2.24, 2.45) is 0 Å². The van der Waals surface area contributed by atoms with Gasteiger partial charge in [0.2, 0.25) is 0 Å². The summed E-state index contributed by atoms with van der Waals surface area (Å²) < 4.78 is 44.2. The van der Waals surface area contributed by atoms with Crippen LogP contribution in [0.25, 0.3) is 0 Å². The van der Waals surface area contributed by atoms with Gasteiger partial charge in [-0.2, -0.15) is 13.2 Å². The van der Waals surface area contributed by atoms with Crippen LogP contribution < -0.4 is 4.74 Å². The molecule has 1 N–H and O–H groups in total. The largest absolute Gasteiger partial charge is 0.496 e. The van der Waals surface area contributed by atoms with E-state index in [-0.39, 0.29) is 23.4 Å². The molecule has 0 aromatic heterocycles. The Hall–Kier alpha value is -2.25. The van der Waals surface area contributed by atoms with Crippen molar-refractivity contribution in [2.45, 2.75) is 50.9 Å². The Morgan fingerprint density at radius 3 is 2.40 bits per heavy atom. The van der Waals surface area contributed by atoms with E-state index in [1.807, 2.05) is 0 Å². The zero-order valence-corrected chi connectivity index (χ0v) is 13.8. The number of halogens is 3. The number of ether oxygens (including phenoxy) is 1. The number of carboxylic acids is 1. The number of carbonyl (C=O) groups excluding carboxylic acids is 1. The highest BCUT2D eigenvalue weighted by Gasteiger charge is 2.44. The molecule has 0 atom stereocenters. The Bertz CT molecular complexity index is 639. The molecule has 1 fully saturated rings. The van der Waals surface area contributed by atoms with Crippen molar-refractivity contribution in [2.75, 3.05) is 7.11 Å². The van der Waals surface area contributed by atoms with Crippen LogP contribution in [-0.2, 0) is 11.3 Å². The molecule has 0 heterocycles. The van der Waals surface area contributed by atoms with Gasteiger partial charge in [0, 0.05) is 18.2 Å². The lowest BCUT2D eigenvalue weighted by molar-refractivity contribution is -0.189. The zero-order chi connectivity index (χ0) is 18.6. The van der Waals surface area contributed by atoms with Crippen LogP contribution in [-0.4, -0.2) is 41.2 Å². The topological polar surface area (TPSA) is 66.8 Å². The molecule has 0 aliphatic heterocycles. The number of benzene rings is 1. The second kappa shape index (κ2) is 7.76. The van der Waals surface area contributed by atoms with Gasteiger partial charge in [-0.05, 0) is 31.0 Å². The Morgan fingerprint density at radius 2 is 1.88 bits per heavy atom. The van der Waals surface area contributed by atoms with Crippen LogP contribution in [0.2, 0.25) is 0 Å². The highest BCUT2D eigenvalue weighted by molar-refractivity contribution is 5.88. The monoisotopic (exact) mass is 359 g/mol. The van der Waals surface area contributed by atoms with E-state index in [1.165, 1.54) is 25.3 Å². The molecule has 25 heavy (non-hydrogen) atoms. The molecule has 1 aromatic rings. The molecule has 8 heteroatoms. The number of carboxylic acid groups (broad SMARTS) is 1. The van der Waals surface area contributed by atoms with Gasteiger partial charge in [-0.1, -0.05) is 19.3 Å². The predicted molar refractivity (Wildman–Crippen MR) is 83.4 cm³/mol. The molecule has 138 valence electrons. The summed E-state index contributed by atoms with van der Waals surface area (Å²) in [5.74, 6) is -2.85. The summed E-state index contributed by atoms with van der Waals surface area (Å²) in [4.78, 5) is 23.9. The Labute approximate surface area is 143 Å². The van der Waals surface area contributed by atoms with Gasteiger partial charge >= 0.3 is 18.1 Å². The maximum absolute atomic E-state index is 13.0. The Balaban J connectivity index is 2.36. The van der Waals surface area contributed by atoms with E-state index in [1.54, 1.807) is 0 Å². The number of nitrogens with zero attached hydrogens (tertiary/aromatic N) is 1. The Kier molecular flexibility index (Phi) is 5.92. The van der Waals surface area contributed by atoms with Gasteiger partial charge in [-0.15, -0.1) is 0 Å². The van der Waals surface area contributed by atoms with Crippen LogP contribution in [0.3, 0.4) is 0 Å². The van der Waals surface area contributed by atoms with E-state index in [4.69, 9.17) is 9.84 Å². The van der Waals surface area contributed by atoms with Crippen molar-refractivity contribution in [3.63, 3.8) is 0 Å². The summed E-state index contributed by atoms with van der Waals surface area (Å²) in [5.41, 5.74) is 0.171. The standard InChI is InChI=1S/C17H20F3NO4/c1-25-14-8-7-11(15(22)23)9-12(14)10-21(16(24)17(18,19)20)13-5-3-2-4-6-13/h7-9,13H,2-6,10H2,1H3,(H,22,23). The summed E-state index contributed by atoms with van der Waals surface area (Å²) in [7, 11) is 1.34. The van der Waals surface area contributed by atoms with E-state index in [2.05, 4.69) is 0 Å². The average molecular weight is 359 g/mol. The quantitative estimate of drug-likeness (QED) is 0.872. The van der Waals surface area contributed by atoms with Crippen molar-refractivity contribution in [1.82, 2.24) is 4.90 Å². The fraction of sp³-hybridized carbons (Fsp3) is 0.529. The van der Waals surface area contributed by atoms with Crippen LogP contribution in [0, 0.1) is 0 Å². The van der Waals surface area contributed by atoms with Crippen LogP contribution in [0.5, 0.6) is 5.75 Å². The van der Waals surface area contributed by atoms with Crippen molar-refractivity contribution < 1.29 is 32.6 Å². The molecule has 0 unspecified atom stereocenters. The zero-order valence-electron chi connectivity index (χ0n) is 13.8. The third-order valence-corrected chi connectivity index (χ3v) is 4.39. The normalized spacial score (nSPS) is 15.7. The molecule has 0 saturated heterocycles. The number of rotatable bonds is 5. The summed E-state index contributed by atoms with van der Waals surface area (Å²) in [6.07, 6.45) is -1.51. The fourth-order valence-corrected chi connectivity index (χ4v) is 3.14. The van der Waals surface area contributed by atoms with Gasteiger partial charge in [-0.25, -0.2) is 4.79 Å². The SMILES string of the molecule is COc1ccc(C(=O)O)cc1CN(C(=O)C(F)(F)F)C1CCCCC1. The van der Waals surface area contributed by atoms with Gasteiger partial charge in [0.05, 0.1) is 12.7 Å². The molecule has 1 aliphatic carbocycles. The molecule has 2 rings (SSSR count). The maximum Gasteiger partial charge on any atom is 0.471 e. The van der Waals surface area contributed by atoms with Crippen molar-refractivity contribution in [1.29, 1.82) is 0 Å². The van der Waals surface area contributed by atoms with Crippen LogP contribution in [0.4, 0.5) is 13.2 Å². The molecule has 0 radical (unpaired) electrons. The molecule has 0 spiro atoms. The number of methoxy groups -OCH3 is 1. The first-order valence-electron chi connectivity index (χ1n) is 8.02. The lowest BCUT2D eigenvalue weighted by atomic mass is 9.93. The molecular weight excluding hydrogens is 339 g/mol. The lowest BCUT2D eigenvalue weighted by Gasteiger charge is -2.35. The minimum atomic E-state index is -4.98. The second-order valence-corrected chi connectivity index (χ2v) is 6.05. The van der Waals surface area contributed by atoms with Gasteiger partial charge in [0.15, 0.2) is 0 Å². The molecule has 1 amide bonds. The highest BCUT2D eigenvalue weighted by atomic mass is 19.4. The summed E-state index contributed by atoms with van der Waals surface area (Å²) in [6.45, 7) is -0.340. The summed E-state index contributed by atoms with van der Waals surface area (Å²) in [5, 5.41) is 9.09. The molecule has 0 bridgehead atoms. The molecule has 1 aliphatic rings. The average Bonchev–Trinajstić information content (AvgIpc) is 2.58. The minimum Gasteiger partial charge on any atom is -0.496 e. The first kappa shape index (κ1) is 19.1. The van der Waals surface area contributed by atoms with E-state index >= 15 is 0 Å². The highest BCUT2D eigenvalue weighted by Crippen LogP contribution is 2.31. The van der Waals surface area contributed by atoms with Crippen LogP contribution in [0.15, 0.2) is 18.2 Å². The first-order valence-corrected chi connectivity index (χ1v) is 8.02. The molecule has 5 nitrogen and oxygen atoms in total. The fourth-order valence-electron chi connectivity index (χ4n) is 3.14. The van der Waals surface area contributed by atoms with E-state index in [0.717, 1.165) is 24.2 Å². The van der Waals surface area contributed by atoms with Crippen LogP contribution in [0.1, 0.15) is 48.0 Å². The molecule has 1 saturated carbocycles. The number of carbonyl (C=O) groups is 2. The van der Waals surface area contributed by atoms with Crippen molar-refractivity contribution >= 4 is 11.9 Å². The minimum absolute atomic E-state index is 0.0705. The van der Waals surface area contributed by atoms with E-state index < -0.39 is 24.1 Å². The lowest BCUT2D eigenvalue weighted by Crippen LogP contribution is -2.47. The smallest absolute Gasteiger partial charge is 0.471 e. The summed E-state index contributed by atoms with van der Waals surface area (Å²) >= 11 is 0. The Morgan fingerprint density at radius 1 is 1.24 bits per heavy atom. The van der Waals surface area contributed by atoms with Crippen molar-refractivity contribution in [3.8, 4) is 5.75 Å². The third-order valence-electron chi connectivity index (χ3n) is 4.39. The van der Waals surface area contributed by atoms with Gasteiger partial charge in [0.1, 0.15) is 5.75 Å². The number of hydrogen-bond acceptors (Lipinski definition) is 3.